The molecule has 0 spiro atoms. The van der Waals surface area contributed by atoms with E-state index in [1.807, 2.05) is 0 Å². The zero-order valence-corrected chi connectivity index (χ0v) is 14.5. The molecule has 1 aliphatic heterocycles. The normalized spacial score (nSPS) is 19.6. The van der Waals surface area contributed by atoms with E-state index >= 15 is 0 Å². The molecular formula is C14H17BrN2O4S. The number of sulfone groups is 1. The Labute approximate surface area is 137 Å². The molecule has 0 bridgehead atoms. The van der Waals surface area contributed by atoms with Gasteiger partial charge in [0.2, 0.25) is 5.91 Å². The van der Waals surface area contributed by atoms with Gasteiger partial charge >= 0.3 is 0 Å². The van der Waals surface area contributed by atoms with Crippen molar-refractivity contribution in [3.05, 3.63) is 34.3 Å². The average molecular weight is 389 g/mol. The minimum absolute atomic E-state index is 0.00653. The van der Waals surface area contributed by atoms with Gasteiger partial charge in [0.15, 0.2) is 9.84 Å². The van der Waals surface area contributed by atoms with Crippen molar-refractivity contribution in [3.8, 4) is 0 Å². The molecule has 0 radical (unpaired) electrons. The fraction of sp³-hybridized carbons (Fsp3) is 0.429. The Hall–Kier alpha value is -1.41. The molecule has 1 aliphatic rings. The maximum absolute atomic E-state index is 12.1. The first kappa shape index (κ1) is 17.0. The standard InChI is InChI=1S/C14H17BrN2O4S/c1-17(10-6-7-22(20,21)9-10)13(18)8-16-14(19)11-4-2-3-5-12(11)15/h2-5,10H,6-9H2,1H3,(H,16,19). The Morgan fingerprint density at radius 3 is 2.64 bits per heavy atom. The number of benzene rings is 1. The van der Waals surface area contributed by atoms with E-state index in [0.717, 1.165) is 0 Å². The molecule has 0 aliphatic carbocycles. The van der Waals surface area contributed by atoms with Crippen LogP contribution in [0.2, 0.25) is 0 Å². The monoisotopic (exact) mass is 388 g/mol. The van der Waals surface area contributed by atoms with Crippen LogP contribution in [0.3, 0.4) is 0 Å². The molecule has 1 atom stereocenters. The van der Waals surface area contributed by atoms with Crippen LogP contribution >= 0.6 is 15.9 Å². The summed E-state index contributed by atoms with van der Waals surface area (Å²) >= 11 is 3.28. The van der Waals surface area contributed by atoms with E-state index in [9.17, 15) is 18.0 Å². The lowest BCUT2D eigenvalue weighted by Crippen LogP contribution is -2.43. The Bertz CT molecular complexity index is 690. The van der Waals surface area contributed by atoms with E-state index in [1.165, 1.54) is 4.90 Å². The number of rotatable bonds is 4. The number of nitrogens with one attached hydrogen (secondary N) is 1. The van der Waals surface area contributed by atoms with Gasteiger partial charge in [0.05, 0.1) is 23.6 Å². The number of likely N-dealkylation sites (N-methyl/N-ethyl adjacent to an activating group) is 1. The second-order valence-electron chi connectivity index (χ2n) is 5.22. The van der Waals surface area contributed by atoms with Crippen LogP contribution in [0, 0.1) is 0 Å². The summed E-state index contributed by atoms with van der Waals surface area (Å²) in [6.45, 7) is -0.160. The Morgan fingerprint density at radius 1 is 1.36 bits per heavy atom. The van der Waals surface area contributed by atoms with Crippen molar-refractivity contribution in [1.82, 2.24) is 10.2 Å². The van der Waals surface area contributed by atoms with Gasteiger partial charge in [-0.25, -0.2) is 8.42 Å². The fourth-order valence-electron chi connectivity index (χ4n) is 2.31. The first-order valence-corrected chi connectivity index (χ1v) is 9.40. The summed E-state index contributed by atoms with van der Waals surface area (Å²) in [5, 5.41) is 2.56. The molecule has 1 aromatic carbocycles. The van der Waals surface area contributed by atoms with Gasteiger partial charge in [-0.3, -0.25) is 9.59 Å². The lowest BCUT2D eigenvalue weighted by molar-refractivity contribution is -0.130. The molecule has 6 nitrogen and oxygen atoms in total. The number of carbonyl (C=O) groups excluding carboxylic acids is 2. The average Bonchev–Trinajstić information content (AvgIpc) is 2.84. The van der Waals surface area contributed by atoms with Crippen molar-refractivity contribution in [1.29, 1.82) is 0 Å². The molecule has 2 rings (SSSR count). The van der Waals surface area contributed by atoms with Crippen molar-refractivity contribution in [3.63, 3.8) is 0 Å². The second-order valence-corrected chi connectivity index (χ2v) is 8.31. The van der Waals surface area contributed by atoms with Gasteiger partial charge in [0, 0.05) is 17.6 Å². The number of nitrogens with zero attached hydrogens (tertiary/aromatic N) is 1. The van der Waals surface area contributed by atoms with Gasteiger partial charge in [0.1, 0.15) is 0 Å². The summed E-state index contributed by atoms with van der Waals surface area (Å²) in [5.41, 5.74) is 0.446. The van der Waals surface area contributed by atoms with E-state index in [-0.39, 0.29) is 35.9 Å². The fourth-order valence-corrected chi connectivity index (χ4v) is 4.54. The zero-order valence-electron chi connectivity index (χ0n) is 12.1. The molecule has 1 N–H and O–H groups in total. The number of carbonyl (C=O) groups is 2. The summed E-state index contributed by atoms with van der Waals surface area (Å²) in [7, 11) is -1.47. The Balaban J connectivity index is 1.90. The molecule has 1 aromatic rings. The summed E-state index contributed by atoms with van der Waals surface area (Å²) in [6, 6.07) is 6.61. The van der Waals surface area contributed by atoms with Crippen LogP contribution in [-0.2, 0) is 14.6 Å². The summed E-state index contributed by atoms with van der Waals surface area (Å²) in [6.07, 6.45) is 0.447. The highest BCUT2D eigenvalue weighted by atomic mass is 79.9. The first-order chi connectivity index (χ1) is 10.3. The quantitative estimate of drug-likeness (QED) is 0.827. The van der Waals surface area contributed by atoms with Crippen LogP contribution in [0.1, 0.15) is 16.8 Å². The largest absolute Gasteiger partial charge is 0.343 e. The number of halogens is 1. The van der Waals surface area contributed by atoms with Crippen LogP contribution in [0.4, 0.5) is 0 Å². The molecular weight excluding hydrogens is 372 g/mol. The predicted molar refractivity (Wildman–Crippen MR) is 86.3 cm³/mol. The number of amides is 2. The van der Waals surface area contributed by atoms with Crippen molar-refractivity contribution in [2.24, 2.45) is 0 Å². The van der Waals surface area contributed by atoms with E-state index in [4.69, 9.17) is 0 Å². The smallest absolute Gasteiger partial charge is 0.252 e. The van der Waals surface area contributed by atoms with E-state index in [0.29, 0.717) is 16.5 Å². The van der Waals surface area contributed by atoms with Gasteiger partial charge in [-0.05, 0) is 34.5 Å². The van der Waals surface area contributed by atoms with E-state index in [2.05, 4.69) is 21.2 Å². The van der Waals surface area contributed by atoms with Crippen LogP contribution in [0.5, 0.6) is 0 Å². The summed E-state index contributed by atoms with van der Waals surface area (Å²) < 4.78 is 23.5. The van der Waals surface area contributed by atoms with Gasteiger partial charge in [-0.1, -0.05) is 12.1 Å². The Morgan fingerprint density at radius 2 is 2.05 bits per heavy atom. The maximum atomic E-state index is 12.1. The third-order valence-corrected chi connectivity index (χ3v) is 6.11. The third-order valence-electron chi connectivity index (χ3n) is 3.67. The molecule has 2 amide bonds. The zero-order chi connectivity index (χ0) is 16.3. The van der Waals surface area contributed by atoms with Crippen LogP contribution in [-0.4, -0.2) is 56.3 Å². The molecule has 120 valence electrons. The SMILES string of the molecule is CN(C(=O)CNC(=O)c1ccccc1Br)C1CCS(=O)(=O)C1. The van der Waals surface area contributed by atoms with Crippen LogP contribution < -0.4 is 5.32 Å². The number of hydrogen-bond donors (Lipinski definition) is 1. The third kappa shape index (κ3) is 4.07. The molecule has 0 saturated carbocycles. The minimum Gasteiger partial charge on any atom is -0.343 e. The summed E-state index contributed by atoms with van der Waals surface area (Å²) in [5.74, 6) is -0.553. The van der Waals surface area contributed by atoms with Crippen molar-refractivity contribution in [2.45, 2.75) is 12.5 Å². The molecule has 8 heteroatoms. The van der Waals surface area contributed by atoms with Gasteiger partial charge in [0.25, 0.3) is 5.91 Å². The summed E-state index contributed by atoms with van der Waals surface area (Å²) in [4.78, 5) is 25.5. The van der Waals surface area contributed by atoms with Gasteiger partial charge in [-0.15, -0.1) is 0 Å². The van der Waals surface area contributed by atoms with Crippen molar-refractivity contribution in [2.75, 3.05) is 25.1 Å². The lowest BCUT2D eigenvalue weighted by Gasteiger charge is -2.23. The first-order valence-electron chi connectivity index (χ1n) is 6.79. The molecule has 1 unspecified atom stereocenters. The maximum Gasteiger partial charge on any atom is 0.252 e. The number of hydrogen-bond acceptors (Lipinski definition) is 4. The minimum atomic E-state index is -3.04. The Kier molecular flexibility index (Phi) is 5.23. The molecule has 1 heterocycles. The highest BCUT2D eigenvalue weighted by Crippen LogP contribution is 2.17. The highest BCUT2D eigenvalue weighted by Gasteiger charge is 2.32. The van der Waals surface area contributed by atoms with Crippen LogP contribution in [0.15, 0.2) is 28.7 Å². The van der Waals surface area contributed by atoms with E-state index < -0.39 is 9.84 Å². The van der Waals surface area contributed by atoms with Gasteiger partial charge in [-0.2, -0.15) is 0 Å². The van der Waals surface area contributed by atoms with Crippen molar-refractivity contribution >= 4 is 37.6 Å². The molecule has 22 heavy (non-hydrogen) atoms. The molecule has 1 fully saturated rings. The van der Waals surface area contributed by atoms with E-state index in [1.54, 1.807) is 31.3 Å². The molecule has 0 aromatic heterocycles. The van der Waals surface area contributed by atoms with Gasteiger partial charge < -0.3 is 10.2 Å². The lowest BCUT2D eigenvalue weighted by atomic mass is 10.2. The van der Waals surface area contributed by atoms with Crippen molar-refractivity contribution < 1.29 is 18.0 Å². The van der Waals surface area contributed by atoms with Crippen LogP contribution in [0.25, 0.3) is 0 Å². The molecule has 1 saturated heterocycles. The topological polar surface area (TPSA) is 83.6 Å². The highest BCUT2D eigenvalue weighted by molar-refractivity contribution is 9.10. The second kappa shape index (κ2) is 6.78. The predicted octanol–water partition coefficient (Wildman–Crippen LogP) is 0.824.